The number of carbonyl (C=O) groups is 2. The van der Waals surface area contributed by atoms with Crippen LogP contribution in [0.15, 0.2) is 0 Å². The first kappa shape index (κ1) is 20.1. The van der Waals surface area contributed by atoms with Crippen molar-refractivity contribution in [2.45, 2.75) is 90.4 Å². The maximum Gasteiger partial charge on any atom is 0.234 e. The Hall–Kier alpha value is -0.900. The number of unbranched alkanes of at least 4 members (excludes halogenated alkanes) is 10. The molecule has 0 saturated heterocycles. The number of carbonyl (C=O) groups excluding carboxylic acids is 2. The van der Waals surface area contributed by atoms with E-state index in [1.165, 1.54) is 44.9 Å². The summed E-state index contributed by atoms with van der Waals surface area (Å²) >= 11 is 0. The third-order valence-corrected chi connectivity index (χ3v) is 3.58. The number of amides is 1. The van der Waals surface area contributed by atoms with Crippen molar-refractivity contribution in [1.29, 1.82) is 0 Å². The van der Waals surface area contributed by atoms with Crippen LogP contribution in [0, 0.1) is 0 Å². The molecule has 0 bridgehead atoms. The minimum absolute atomic E-state index is 0.110. The van der Waals surface area contributed by atoms with Crippen molar-refractivity contribution in [1.82, 2.24) is 10.9 Å². The molecular weight excluding hydrogens is 264 g/mol. The van der Waals surface area contributed by atoms with Crippen LogP contribution in [0.4, 0.5) is 0 Å². The molecule has 0 radical (unpaired) electrons. The molecule has 0 unspecified atom stereocenters. The third-order valence-electron chi connectivity index (χ3n) is 3.58. The summed E-state index contributed by atoms with van der Waals surface area (Å²) in [4.78, 5) is 21.5. The van der Waals surface area contributed by atoms with Crippen molar-refractivity contribution >= 4 is 12.2 Å². The van der Waals surface area contributed by atoms with Crippen molar-refractivity contribution < 1.29 is 9.59 Å². The van der Waals surface area contributed by atoms with Crippen LogP contribution in [0.2, 0.25) is 0 Å². The summed E-state index contributed by atoms with van der Waals surface area (Å²) in [5, 5.41) is 0. The molecule has 4 heteroatoms. The molecule has 0 aromatic heterocycles. The van der Waals surface area contributed by atoms with Crippen LogP contribution >= 0.6 is 0 Å². The zero-order valence-electron chi connectivity index (χ0n) is 13.8. The maximum atomic E-state index is 11.4. The molecule has 0 aliphatic rings. The summed E-state index contributed by atoms with van der Waals surface area (Å²) in [6.45, 7) is 2.91. The lowest BCUT2D eigenvalue weighted by Crippen LogP contribution is -2.37. The Balaban J connectivity index is 3.08. The van der Waals surface area contributed by atoms with Crippen molar-refractivity contribution in [2.24, 2.45) is 0 Å². The van der Waals surface area contributed by atoms with Crippen LogP contribution in [0.25, 0.3) is 0 Å². The lowest BCUT2D eigenvalue weighted by molar-refractivity contribution is -0.122. The highest BCUT2D eigenvalue weighted by molar-refractivity contribution is 5.75. The Morgan fingerprint density at radius 1 is 0.857 bits per heavy atom. The Labute approximate surface area is 130 Å². The highest BCUT2D eigenvalue weighted by Crippen LogP contribution is 2.11. The van der Waals surface area contributed by atoms with Crippen LogP contribution in [0.3, 0.4) is 0 Å². The van der Waals surface area contributed by atoms with Crippen molar-refractivity contribution in [3.8, 4) is 0 Å². The van der Waals surface area contributed by atoms with Gasteiger partial charge in [-0.2, -0.15) is 0 Å². The SMILES string of the molecule is CCCNNC(=O)CCCCCCCCCCCCC=O. The summed E-state index contributed by atoms with van der Waals surface area (Å²) in [5.74, 6) is 0.110. The molecule has 0 atom stereocenters. The molecule has 0 aromatic carbocycles. The van der Waals surface area contributed by atoms with Gasteiger partial charge in [0.15, 0.2) is 0 Å². The van der Waals surface area contributed by atoms with Gasteiger partial charge >= 0.3 is 0 Å². The first-order valence-electron chi connectivity index (χ1n) is 8.76. The lowest BCUT2D eigenvalue weighted by atomic mass is 10.1. The van der Waals surface area contributed by atoms with E-state index in [0.29, 0.717) is 6.42 Å². The fourth-order valence-corrected chi connectivity index (χ4v) is 2.28. The van der Waals surface area contributed by atoms with E-state index in [2.05, 4.69) is 17.8 Å². The zero-order chi connectivity index (χ0) is 15.6. The molecule has 1 amide bonds. The average Bonchev–Trinajstić information content (AvgIpc) is 2.48. The van der Waals surface area contributed by atoms with Gasteiger partial charge < -0.3 is 4.79 Å². The first-order valence-corrected chi connectivity index (χ1v) is 8.76. The number of hydrogen-bond acceptors (Lipinski definition) is 3. The molecule has 124 valence electrons. The van der Waals surface area contributed by atoms with Crippen LogP contribution in [-0.4, -0.2) is 18.7 Å². The molecule has 0 heterocycles. The number of hydrazine groups is 1. The van der Waals surface area contributed by atoms with Gasteiger partial charge in [0.05, 0.1) is 0 Å². The normalized spacial score (nSPS) is 10.5. The zero-order valence-corrected chi connectivity index (χ0v) is 13.8. The average molecular weight is 298 g/mol. The second-order valence-corrected chi connectivity index (χ2v) is 5.72. The van der Waals surface area contributed by atoms with Gasteiger partial charge in [-0.1, -0.05) is 58.3 Å². The van der Waals surface area contributed by atoms with E-state index in [-0.39, 0.29) is 5.91 Å². The molecule has 0 fully saturated rings. The minimum Gasteiger partial charge on any atom is -0.303 e. The van der Waals surface area contributed by atoms with E-state index in [1.54, 1.807) is 0 Å². The Kier molecular flexibility index (Phi) is 16.4. The predicted molar refractivity (Wildman–Crippen MR) is 87.9 cm³/mol. The molecule has 0 spiro atoms. The van der Waals surface area contributed by atoms with Gasteiger partial charge in [0.25, 0.3) is 0 Å². The van der Waals surface area contributed by atoms with E-state index < -0.39 is 0 Å². The van der Waals surface area contributed by atoms with E-state index in [1.807, 2.05) is 0 Å². The number of hydrogen-bond donors (Lipinski definition) is 2. The summed E-state index contributed by atoms with van der Waals surface area (Å²) in [6, 6.07) is 0. The summed E-state index contributed by atoms with van der Waals surface area (Å²) in [5.41, 5.74) is 5.62. The fraction of sp³-hybridized carbons (Fsp3) is 0.882. The topological polar surface area (TPSA) is 58.2 Å². The van der Waals surface area contributed by atoms with E-state index in [4.69, 9.17) is 0 Å². The lowest BCUT2D eigenvalue weighted by Gasteiger charge is -2.05. The molecule has 0 aliphatic carbocycles. The van der Waals surface area contributed by atoms with Crippen LogP contribution in [-0.2, 0) is 9.59 Å². The van der Waals surface area contributed by atoms with E-state index in [0.717, 1.165) is 44.9 Å². The van der Waals surface area contributed by atoms with Gasteiger partial charge in [0, 0.05) is 19.4 Å². The highest BCUT2D eigenvalue weighted by atomic mass is 16.2. The molecule has 4 nitrogen and oxygen atoms in total. The Morgan fingerprint density at radius 2 is 1.38 bits per heavy atom. The summed E-state index contributed by atoms with van der Waals surface area (Å²) < 4.78 is 0. The van der Waals surface area contributed by atoms with Crippen molar-refractivity contribution in [3.63, 3.8) is 0 Å². The Bertz CT molecular complexity index is 245. The van der Waals surface area contributed by atoms with Crippen LogP contribution in [0.5, 0.6) is 0 Å². The van der Waals surface area contributed by atoms with E-state index >= 15 is 0 Å². The quantitative estimate of drug-likeness (QED) is 0.258. The molecule has 0 aromatic rings. The maximum absolute atomic E-state index is 11.4. The molecule has 0 saturated carbocycles. The smallest absolute Gasteiger partial charge is 0.234 e. The fourth-order valence-electron chi connectivity index (χ4n) is 2.28. The molecular formula is C17H34N2O2. The third kappa shape index (κ3) is 17.0. The van der Waals surface area contributed by atoms with E-state index in [9.17, 15) is 9.59 Å². The molecule has 21 heavy (non-hydrogen) atoms. The highest BCUT2D eigenvalue weighted by Gasteiger charge is 1.99. The van der Waals surface area contributed by atoms with Gasteiger partial charge in [-0.25, -0.2) is 5.43 Å². The predicted octanol–water partition coefficient (Wildman–Crippen LogP) is 3.90. The number of rotatable bonds is 16. The first-order chi connectivity index (χ1) is 10.3. The standard InChI is InChI=1S/C17H34N2O2/c1-2-15-18-19-17(21)14-12-10-8-6-4-3-5-7-9-11-13-16-20/h16,18H,2-15H2,1H3,(H,19,21). The van der Waals surface area contributed by atoms with Crippen molar-refractivity contribution in [2.75, 3.05) is 6.54 Å². The molecule has 0 aliphatic heterocycles. The van der Waals surface area contributed by atoms with Crippen LogP contribution in [0.1, 0.15) is 90.4 Å². The Morgan fingerprint density at radius 3 is 1.90 bits per heavy atom. The monoisotopic (exact) mass is 298 g/mol. The second-order valence-electron chi connectivity index (χ2n) is 5.72. The van der Waals surface area contributed by atoms with Crippen molar-refractivity contribution in [3.05, 3.63) is 0 Å². The van der Waals surface area contributed by atoms with Gasteiger partial charge in [-0.05, 0) is 19.3 Å². The molecule has 2 N–H and O–H groups in total. The summed E-state index contributed by atoms with van der Waals surface area (Å²) in [6.07, 6.45) is 15.5. The van der Waals surface area contributed by atoms with Crippen LogP contribution < -0.4 is 10.9 Å². The minimum atomic E-state index is 0.110. The second kappa shape index (κ2) is 17.2. The van der Waals surface area contributed by atoms with Gasteiger partial charge in [-0.15, -0.1) is 0 Å². The number of nitrogens with one attached hydrogen (secondary N) is 2. The largest absolute Gasteiger partial charge is 0.303 e. The van der Waals surface area contributed by atoms with Gasteiger partial charge in [0.2, 0.25) is 5.91 Å². The van der Waals surface area contributed by atoms with Gasteiger partial charge in [-0.3, -0.25) is 10.2 Å². The van der Waals surface area contributed by atoms with Gasteiger partial charge in [0.1, 0.15) is 6.29 Å². The summed E-state index contributed by atoms with van der Waals surface area (Å²) in [7, 11) is 0. The number of aldehydes is 1. The molecule has 0 rings (SSSR count).